The van der Waals surface area contributed by atoms with Crippen molar-refractivity contribution in [1.29, 1.82) is 0 Å². The summed E-state index contributed by atoms with van der Waals surface area (Å²) >= 11 is 0. The Morgan fingerprint density at radius 3 is 2.44 bits per heavy atom. The standard InChI is InChI=1S/C12H17O3P/c13-16(14-11-7-3-1-4-8-11)15-12-9-5-2-6-10-12/h1,3-4,7-8,12-13H,2,5-6,9-10H2. The predicted molar refractivity (Wildman–Crippen MR) is 64.2 cm³/mol. The molecule has 0 spiro atoms. The highest BCUT2D eigenvalue weighted by atomic mass is 31.2. The number of para-hydroxylation sites is 1. The summed E-state index contributed by atoms with van der Waals surface area (Å²) in [7, 11) is -1.78. The van der Waals surface area contributed by atoms with Gasteiger partial charge in [0, 0.05) is 0 Å². The van der Waals surface area contributed by atoms with E-state index in [1.54, 1.807) is 0 Å². The van der Waals surface area contributed by atoms with Crippen LogP contribution in [0.4, 0.5) is 0 Å². The monoisotopic (exact) mass is 240 g/mol. The zero-order valence-corrected chi connectivity index (χ0v) is 10.1. The van der Waals surface area contributed by atoms with Crippen molar-refractivity contribution in [2.45, 2.75) is 38.2 Å². The van der Waals surface area contributed by atoms with Crippen LogP contribution in [0.15, 0.2) is 30.3 Å². The zero-order chi connectivity index (χ0) is 11.2. The van der Waals surface area contributed by atoms with Crippen LogP contribution in [0.5, 0.6) is 5.75 Å². The maximum Gasteiger partial charge on any atom is 0.394 e. The van der Waals surface area contributed by atoms with Crippen molar-refractivity contribution in [2.24, 2.45) is 0 Å². The molecule has 1 N–H and O–H groups in total. The minimum absolute atomic E-state index is 0.175. The maximum absolute atomic E-state index is 9.68. The topological polar surface area (TPSA) is 38.7 Å². The molecule has 1 fully saturated rings. The van der Waals surface area contributed by atoms with E-state index in [2.05, 4.69) is 0 Å². The third-order valence-corrected chi connectivity index (χ3v) is 3.56. The van der Waals surface area contributed by atoms with Crippen molar-refractivity contribution in [3.63, 3.8) is 0 Å². The molecule has 0 aromatic heterocycles. The highest BCUT2D eigenvalue weighted by Gasteiger charge is 2.20. The third kappa shape index (κ3) is 3.75. The number of rotatable bonds is 4. The fraction of sp³-hybridized carbons (Fsp3) is 0.500. The molecule has 16 heavy (non-hydrogen) atoms. The van der Waals surface area contributed by atoms with Crippen LogP contribution in [-0.4, -0.2) is 11.0 Å². The van der Waals surface area contributed by atoms with Crippen LogP contribution < -0.4 is 4.52 Å². The summed E-state index contributed by atoms with van der Waals surface area (Å²) in [4.78, 5) is 9.68. The molecule has 2 rings (SSSR count). The summed E-state index contributed by atoms with van der Waals surface area (Å²) in [6.45, 7) is 0. The third-order valence-electron chi connectivity index (χ3n) is 2.72. The Bertz CT molecular complexity index is 298. The normalized spacial score (nSPS) is 19.3. The van der Waals surface area contributed by atoms with E-state index in [4.69, 9.17) is 9.05 Å². The van der Waals surface area contributed by atoms with Crippen LogP contribution >= 0.6 is 8.60 Å². The van der Waals surface area contributed by atoms with Crippen LogP contribution in [0.25, 0.3) is 0 Å². The molecule has 0 aliphatic heterocycles. The molecule has 4 heteroatoms. The van der Waals surface area contributed by atoms with Crippen LogP contribution in [0.3, 0.4) is 0 Å². The second-order valence-corrected chi connectivity index (χ2v) is 4.88. The molecule has 1 aliphatic carbocycles. The van der Waals surface area contributed by atoms with Crippen LogP contribution in [0.1, 0.15) is 32.1 Å². The lowest BCUT2D eigenvalue weighted by molar-refractivity contribution is 0.136. The van der Waals surface area contributed by atoms with Crippen molar-refractivity contribution in [3.8, 4) is 5.75 Å². The van der Waals surface area contributed by atoms with Gasteiger partial charge in [-0.15, -0.1) is 0 Å². The first-order valence-electron chi connectivity index (χ1n) is 5.73. The largest absolute Gasteiger partial charge is 0.427 e. The summed E-state index contributed by atoms with van der Waals surface area (Å²) in [6.07, 6.45) is 5.92. The maximum atomic E-state index is 9.68. The zero-order valence-electron chi connectivity index (χ0n) is 9.21. The fourth-order valence-electron chi connectivity index (χ4n) is 1.89. The molecule has 1 saturated carbocycles. The molecular formula is C12H17O3P. The van der Waals surface area contributed by atoms with Crippen molar-refractivity contribution in [2.75, 3.05) is 0 Å². The SMILES string of the molecule is OP(Oc1ccccc1)OC1CCCCC1. The Morgan fingerprint density at radius 1 is 1.06 bits per heavy atom. The second-order valence-electron chi connectivity index (χ2n) is 4.01. The summed E-state index contributed by atoms with van der Waals surface area (Å²) in [5.41, 5.74) is 0. The van der Waals surface area contributed by atoms with Gasteiger partial charge in [0.25, 0.3) is 0 Å². The predicted octanol–water partition coefficient (Wildman–Crippen LogP) is 3.63. The lowest BCUT2D eigenvalue weighted by Gasteiger charge is -2.23. The molecule has 0 bridgehead atoms. The Kier molecular flexibility index (Phi) is 4.58. The Morgan fingerprint density at radius 2 is 1.75 bits per heavy atom. The van der Waals surface area contributed by atoms with Gasteiger partial charge in [-0.05, 0) is 25.0 Å². The van der Waals surface area contributed by atoms with Crippen LogP contribution in [-0.2, 0) is 4.52 Å². The van der Waals surface area contributed by atoms with Gasteiger partial charge in [-0.3, -0.25) is 4.52 Å². The van der Waals surface area contributed by atoms with E-state index in [9.17, 15) is 4.89 Å². The molecule has 1 aromatic carbocycles. The molecule has 3 nitrogen and oxygen atoms in total. The van der Waals surface area contributed by atoms with Gasteiger partial charge in [0.05, 0.1) is 6.10 Å². The van der Waals surface area contributed by atoms with Gasteiger partial charge < -0.3 is 9.42 Å². The molecule has 1 atom stereocenters. The molecule has 0 saturated heterocycles. The highest BCUT2D eigenvalue weighted by molar-refractivity contribution is 7.41. The van der Waals surface area contributed by atoms with Gasteiger partial charge in [0.1, 0.15) is 5.75 Å². The Balaban J connectivity index is 1.77. The lowest BCUT2D eigenvalue weighted by atomic mass is 9.98. The molecule has 0 heterocycles. The smallest absolute Gasteiger partial charge is 0.394 e. The average Bonchev–Trinajstić information content (AvgIpc) is 2.31. The van der Waals surface area contributed by atoms with E-state index >= 15 is 0 Å². The fourth-order valence-corrected chi connectivity index (χ4v) is 2.70. The minimum Gasteiger partial charge on any atom is -0.427 e. The van der Waals surface area contributed by atoms with E-state index in [0.29, 0.717) is 5.75 Å². The molecule has 88 valence electrons. The molecule has 1 aliphatic rings. The lowest BCUT2D eigenvalue weighted by Crippen LogP contribution is -2.14. The van der Waals surface area contributed by atoms with Crippen LogP contribution in [0, 0.1) is 0 Å². The van der Waals surface area contributed by atoms with Gasteiger partial charge in [0.15, 0.2) is 0 Å². The van der Waals surface area contributed by atoms with E-state index in [-0.39, 0.29) is 6.10 Å². The first-order valence-corrected chi connectivity index (χ1v) is 6.86. The van der Waals surface area contributed by atoms with Gasteiger partial charge >= 0.3 is 8.60 Å². The number of benzene rings is 1. The van der Waals surface area contributed by atoms with Gasteiger partial charge in [-0.1, -0.05) is 37.5 Å². The summed E-state index contributed by atoms with van der Waals surface area (Å²) in [5.74, 6) is 0.659. The van der Waals surface area contributed by atoms with Crippen molar-refractivity contribution in [1.82, 2.24) is 0 Å². The number of hydrogen-bond donors (Lipinski definition) is 1. The first kappa shape index (κ1) is 11.8. The average molecular weight is 240 g/mol. The quantitative estimate of drug-likeness (QED) is 0.816. The molecule has 1 unspecified atom stereocenters. The minimum atomic E-state index is -1.78. The Labute approximate surface area is 97.4 Å². The molecule has 0 amide bonds. The van der Waals surface area contributed by atoms with E-state index in [0.717, 1.165) is 12.8 Å². The van der Waals surface area contributed by atoms with E-state index < -0.39 is 8.60 Å². The van der Waals surface area contributed by atoms with E-state index in [1.165, 1.54) is 19.3 Å². The molecule has 1 aromatic rings. The first-order chi connectivity index (χ1) is 7.84. The van der Waals surface area contributed by atoms with Crippen molar-refractivity contribution < 1.29 is 13.9 Å². The summed E-state index contributed by atoms with van der Waals surface area (Å²) in [5, 5.41) is 0. The van der Waals surface area contributed by atoms with Crippen LogP contribution in [0.2, 0.25) is 0 Å². The van der Waals surface area contributed by atoms with Crippen molar-refractivity contribution in [3.05, 3.63) is 30.3 Å². The summed E-state index contributed by atoms with van der Waals surface area (Å²) in [6, 6.07) is 9.29. The molecule has 0 radical (unpaired) electrons. The second kappa shape index (κ2) is 6.19. The van der Waals surface area contributed by atoms with E-state index in [1.807, 2.05) is 30.3 Å². The van der Waals surface area contributed by atoms with Crippen molar-refractivity contribution >= 4 is 8.60 Å². The van der Waals surface area contributed by atoms with Gasteiger partial charge in [-0.25, -0.2) is 0 Å². The van der Waals surface area contributed by atoms with Gasteiger partial charge in [0.2, 0.25) is 0 Å². The molecular weight excluding hydrogens is 223 g/mol. The summed E-state index contributed by atoms with van der Waals surface area (Å²) < 4.78 is 10.8. The highest BCUT2D eigenvalue weighted by Crippen LogP contribution is 2.39. The Hall–Kier alpha value is -0.630. The van der Waals surface area contributed by atoms with Gasteiger partial charge in [-0.2, -0.15) is 0 Å². The number of hydrogen-bond acceptors (Lipinski definition) is 3.